The third-order valence-corrected chi connectivity index (χ3v) is 4.47. The van der Waals surface area contributed by atoms with Gasteiger partial charge in [0.05, 0.1) is 5.69 Å². The van der Waals surface area contributed by atoms with Crippen LogP contribution in [0.1, 0.15) is 34.5 Å². The smallest absolute Gasteiger partial charge is 0.248 e. The van der Waals surface area contributed by atoms with Gasteiger partial charge in [-0.2, -0.15) is 0 Å². The van der Waals surface area contributed by atoms with Crippen molar-refractivity contribution >= 4 is 11.7 Å². The molecular weight excluding hydrogens is 304 g/mol. The normalized spacial score (nSPS) is 15.7. The van der Waals surface area contributed by atoms with E-state index in [-0.39, 0.29) is 0 Å². The molecule has 3 rings (SSSR count). The van der Waals surface area contributed by atoms with Gasteiger partial charge in [-0.05, 0) is 19.1 Å². The fourth-order valence-corrected chi connectivity index (χ4v) is 2.98. The van der Waals surface area contributed by atoms with Crippen molar-refractivity contribution in [2.24, 2.45) is 5.73 Å². The molecule has 0 bridgehead atoms. The number of primary amides is 1. The molecule has 7 heteroatoms. The molecule has 2 aromatic heterocycles. The van der Waals surface area contributed by atoms with Gasteiger partial charge in [0.15, 0.2) is 0 Å². The van der Waals surface area contributed by atoms with Gasteiger partial charge in [-0.3, -0.25) is 9.69 Å². The first kappa shape index (κ1) is 16.4. The first-order valence-electron chi connectivity index (χ1n) is 8.34. The fourth-order valence-electron chi connectivity index (χ4n) is 2.98. The zero-order valence-corrected chi connectivity index (χ0v) is 14.2. The lowest BCUT2D eigenvalue weighted by Gasteiger charge is -2.35. The molecule has 1 aliphatic heterocycles. The number of carbonyl (C=O) groups is 1. The van der Waals surface area contributed by atoms with E-state index in [1.807, 2.05) is 0 Å². The van der Waals surface area contributed by atoms with Crippen molar-refractivity contribution in [3.8, 4) is 0 Å². The van der Waals surface area contributed by atoms with Crippen LogP contribution < -0.4 is 10.6 Å². The van der Waals surface area contributed by atoms with Crippen LogP contribution in [0.15, 0.2) is 18.3 Å². The standard InChI is InChI=1S/C17H24N6O/c1-3-15-20-12(2)14(21-15)11-22-6-8-23(9-7-22)16-10-13(17(18)24)4-5-19-16/h4-5,10H,3,6-9,11H2,1-2H3,(H2,18,24)(H,20,21). The van der Waals surface area contributed by atoms with Crippen molar-refractivity contribution in [1.29, 1.82) is 0 Å². The summed E-state index contributed by atoms with van der Waals surface area (Å²) in [5.74, 6) is 1.45. The molecule has 0 saturated carbocycles. The monoisotopic (exact) mass is 328 g/mol. The lowest BCUT2D eigenvalue weighted by atomic mass is 10.2. The summed E-state index contributed by atoms with van der Waals surface area (Å²) in [6.07, 6.45) is 2.57. The highest BCUT2D eigenvalue weighted by Gasteiger charge is 2.20. The van der Waals surface area contributed by atoms with Crippen LogP contribution in [0.2, 0.25) is 0 Å². The highest BCUT2D eigenvalue weighted by Crippen LogP contribution is 2.17. The van der Waals surface area contributed by atoms with Gasteiger partial charge >= 0.3 is 0 Å². The summed E-state index contributed by atoms with van der Waals surface area (Å²) in [5, 5.41) is 0. The van der Waals surface area contributed by atoms with Crippen LogP contribution in [-0.2, 0) is 13.0 Å². The Hall–Kier alpha value is -2.41. The third-order valence-electron chi connectivity index (χ3n) is 4.47. The molecule has 2 aromatic rings. The number of H-pyrrole nitrogens is 1. The molecule has 0 aromatic carbocycles. The minimum absolute atomic E-state index is 0.418. The number of rotatable bonds is 5. The van der Waals surface area contributed by atoms with Crippen molar-refractivity contribution < 1.29 is 4.79 Å². The van der Waals surface area contributed by atoms with Crippen LogP contribution in [0, 0.1) is 6.92 Å². The molecule has 1 amide bonds. The van der Waals surface area contributed by atoms with Gasteiger partial charge in [0.2, 0.25) is 5.91 Å². The van der Waals surface area contributed by atoms with E-state index in [4.69, 9.17) is 5.73 Å². The number of piperazine rings is 1. The predicted octanol–water partition coefficient (Wildman–Crippen LogP) is 1.10. The van der Waals surface area contributed by atoms with Crippen molar-refractivity contribution in [1.82, 2.24) is 19.9 Å². The Morgan fingerprint density at radius 1 is 1.33 bits per heavy atom. The number of pyridine rings is 1. The van der Waals surface area contributed by atoms with E-state index in [0.29, 0.717) is 5.56 Å². The van der Waals surface area contributed by atoms with Crippen LogP contribution in [-0.4, -0.2) is 51.9 Å². The summed E-state index contributed by atoms with van der Waals surface area (Å²) in [6, 6.07) is 3.41. The largest absolute Gasteiger partial charge is 0.366 e. The second-order valence-electron chi connectivity index (χ2n) is 6.14. The zero-order valence-electron chi connectivity index (χ0n) is 14.2. The Bertz CT molecular complexity index is 718. The topological polar surface area (TPSA) is 91.1 Å². The number of anilines is 1. The maximum Gasteiger partial charge on any atom is 0.248 e. The Labute approximate surface area is 141 Å². The number of hydrogen-bond acceptors (Lipinski definition) is 5. The van der Waals surface area contributed by atoms with E-state index in [2.05, 4.69) is 38.6 Å². The Morgan fingerprint density at radius 2 is 2.08 bits per heavy atom. The number of nitrogens with one attached hydrogen (secondary N) is 1. The summed E-state index contributed by atoms with van der Waals surface area (Å²) in [4.78, 5) is 28.3. The first-order chi connectivity index (χ1) is 11.6. The Balaban J connectivity index is 1.60. The number of imidazole rings is 1. The minimum atomic E-state index is -0.418. The Kier molecular flexibility index (Phi) is 4.80. The molecule has 0 unspecified atom stereocenters. The highest BCUT2D eigenvalue weighted by molar-refractivity contribution is 5.93. The summed E-state index contributed by atoms with van der Waals surface area (Å²) < 4.78 is 0. The molecule has 128 valence electrons. The van der Waals surface area contributed by atoms with Crippen molar-refractivity contribution in [2.75, 3.05) is 31.1 Å². The summed E-state index contributed by atoms with van der Waals surface area (Å²) >= 11 is 0. The number of amides is 1. The molecular formula is C17H24N6O. The number of carbonyl (C=O) groups excluding carboxylic acids is 1. The molecule has 1 fully saturated rings. The summed E-state index contributed by atoms with van der Waals surface area (Å²) in [6.45, 7) is 8.68. The molecule has 3 N–H and O–H groups in total. The van der Waals surface area contributed by atoms with E-state index in [1.54, 1.807) is 18.3 Å². The second-order valence-corrected chi connectivity index (χ2v) is 6.14. The molecule has 0 radical (unpaired) electrons. The number of nitrogens with two attached hydrogens (primary N) is 1. The quantitative estimate of drug-likeness (QED) is 0.857. The zero-order chi connectivity index (χ0) is 17.1. The van der Waals surface area contributed by atoms with Crippen LogP contribution in [0.4, 0.5) is 5.82 Å². The Morgan fingerprint density at radius 3 is 2.71 bits per heavy atom. The first-order valence-corrected chi connectivity index (χ1v) is 8.34. The summed E-state index contributed by atoms with van der Waals surface area (Å²) in [7, 11) is 0. The molecule has 7 nitrogen and oxygen atoms in total. The van der Waals surface area contributed by atoms with Gasteiger partial charge in [0.25, 0.3) is 0 Å². The molecule has 3 heterocycles. The van der Waals surface area contributed by atoms with Crippen LogP contribution >= 0.6 is 0 Å². The average molecular weight is 328 g/mol. The number of aromatic nitrogens is 3. The maximum atomic E-state index is 11.3. The van der Waals surface area contributed by atoms with Crippen molar-refractivity contribution in [3.63, 3.8) is 0 Å². The molecule has 0 atom stereocenters. The number of hydrogen-bond donors (Lipinski definition) is 2. The summed E-state index contributed by atoms with van der Waals surface area (Å²) in [5.41, 5.74) is 8.14. The fraction of sp³-hybridized carbons (Fsp3) is 0.471. The lowest BCUT2D eigenvalue weighted by molar-refractivity contribution is 0.1000. The molecule has 1 saturated heterocycles. The number of aromatic amines is 1. The van der Waals surface area contributed by atoms with Crippen molar-refractivity contribution in [3.05, 3.63) is 41.1 Å². The molecule has 0 aliphatic carbocycles. The predicted molar refractivity (Wildman–Crippen MR) is 92.9 cm³/mol. The van der Waals surface area contributed by atoms with Gasteiger partial charge in [-0.15, -0.1) is 0 Å². The van der Waals surface area contributed by atoms with E-state index in [0.717, 1.165) is 62.2 Å². The SMILES string of the molecule is CCc1nc(CN2CCN(c3cc(C(N)=O)ccn3)CC2)c(C)[nH]1. The van der Waals surface area contributed by atoms with E-state index >= 15 is 0 Å². The van der Waals surface area contributed by atoms with Crippen LogP contribution in [0.25, 0.3) is 0 Å². The van der Waals surface area contributed by atoms with Crippen LogP contribution in [0.5, 0.6) is 0 Å². The lowest BCUT2D eigenvalue weighted by Crippen LogP contribution is -2.46. The number of nitrogens with zero attached hydrogens (tertiary/aromatic N) is 4. The third kappa shape index (κ3) is 3.56. The van der Waals surface area contributed by atoms with Gasteiger partial charge in [-0.25, -0.2) is 9.97 Å². The van der Waals surface area contributed by atoms with Crippen LogP contribution in [0.3, 0.4) is 0 Å². The van der Waals surface area contributed by atoms with E-state index < -0.39 is 5.91 Å². The second kappa shape index (κ2) is 7.00. The minimum Gasteiger partial charge on any atom is -0.366 e. The van der Waals surface area contributed by atoms with Crippen molar-refractivity contribution in [2.45, 2.75) is 26.8 Å². The molecule has 0 spiro atoms. The molecule has 1 aliphatic rings. The number of aryl methyl sites for hydroxylation is 2. The van der Waals surface area contributed by atoms with Gasteiger partial charge < -0.3 is 15.6 Å². The van der Waals surface area contributed by atoms with E-state index in [1.165, 1.54) is 0 Å². The molecule has 24 heavy (non-hydrogen) atoms. The van der Waals surface area contributed by atoms with E-state index in [9.17, 15) is 4.79 Å². The average Bonchev–Trinajstić information content (AvgIpc) is 2.95. The maximum absolute atomic E-state index is 11.3. The van der Waals surface area contributed by atoms with Gasteiger partial charge in [0.1, 0.15) is 11.6 Å². The van der Waals surface area contributed by atoms with Gasteiger partial charge in [0, 0.05) is 56.6 Å². The highest BCUT2D eigenvalue weighted by atomic mass is 16.1. The van der Waals surface area contributed by atoms with Gasteiger partial charge in [-0.1, -0.05) is 6.92 Å².